The van der Waals surface area contributed by atoms with Gasteiger partial charge in [-0.1, -0.05) is 11.6 Å². The number of carbonyl (C=O) groups excluding carboxylic acids is 2. The summed E-state index contributed by atoms with van der Waals surface area (Å²) in [7, 11) is 1.43. The van der Waals surface area contributed by atoms with Crippen LogP contribution in [-0.4, -0.2) is 38.5 Å². The molecule has 0 radical (unpaired) electrons. The Morgan fingerprint density at radius 2 is 1.80 bits per heavy atom. The Labute approximate surface area is 254 Å². The zero-order valence-electron chi connectivity index (χ0n) is 23.5. The molecule has 3 N–H and O–H groups in total. The molecule has 1 aliphatic rings. The van der Waals surface area contributed by atoms with Gasteiger partial charge in [-0.05, 0) is 56.3 Å². The summed E-state index contributed by atoms with van der Waals surface area (Å²) in [6.07, 6.45) is -7.93. The van der Waals surface area contributed by atoms with Crippen molar-refractivity contribution in [1.29, 1.82) is 0 Å². The molecule has 16 heteroatoms. The van der Waals surface area contributed by atoms with Crippen LogP contribution in [0.2, 0.25) is 5.02 Å². The highest BCUT2D eigenvalue weighted by atomic mass is 35.5. The second-order valence-corrected chi connectivity index (χ2v) is 11.0. The molecule has 8 nitrogen and oxygen atoms in total. The fourth-order valence-corrected chi connectivity index (χ4v) is 5.59. The maximum Gasteiger partial charge on any atom is 0.416 e. The number of anilines is 1. The van der Waals surface area contributed by atoms with Gasteiger partial charge in [-0.3, -0.25) is 9.59 Å². The highest BCUT2D eigenvalue weighted by molar-refractivity contribution is 6.31. The Hall–Kier alpha value is -4.37. The topological polar surface area (TPSA) is 101 Å². The van der Waals surface area contributed by atoms with Crippen LogP contribution in [0.15, 0.2) is 47.5 Å². The Balaban J connectivity index is 1.86. The number of hydrogen-bond acceptors (Lipinski definition) is 4. The lowest BCUT2D eigenvalue weighted by Gasteiger charge is -2.27. The van der Waals surface area contributed by atoms with E-state index in [-0.39, 0.29) is 38.9 Å². The van der Waals surface area contributed by atoms with Gasteiger partial charge in [0.15, 0.2) is 5.72 Å². The summed E-state index contributed by atoms with van der Waals surface area (Å²) in [4.78, 5) is 31.3. The number of aromatic nitrogens is 2. The lowest BCUT2D eigenvalue weighted by atomic mass is 9.91. The normalized spacial score (nSPS) is 17.0. The Bertz CT molecular complexity index is 1950. The van der Waals surface area contributed by atoms with Crippen molar-refractivity contribution in [3.8, 4) is 0 Å². The van der Waals surface area contributed by atoms with Gasteiger partial charge in [0.25, 0.3) is 18.2 Å². The van der Waals surface area contributed by atoms with E-state index in [1.807, 2.05) is 0 Å². The monoisotopic (exact) mass is 657 g/mol. The second-order valence-electron chi connectivity index (χ2n) is 10.6. The fraction of sp³-hybridized carbons (Fsp3) is 0.276. The van der Waals surface area contributed by atoms with Crippen LogP contribution in [0.25, 0.3) is 11.0 Å². The summed E-state index contributed by atoms with van der Waals surface area (Å²) in [6, 6.07) is 4.67. The fourth-order valence-electron chi connectivity index (χ4n) is 5.34. The number of fused-ring (bicyclic) bond motifs is 3. The van der Waals surface area contributed by atoms with Crippen molar-refractivity contribution in [1.82, 2.24) is 14.5 Å². The van der Waals surface area contributed by atoms with Crippen molar-refractivity contribution in [2.24, 2.45) is 12.0 Å². The molecule has 2 amide bonds. The molecule has 2 heterocycles. The van der Waals surface area contributed by atoms with Crippen LogP contribution in [0, 0.1) is 11.6 Å². The zero-order valence-corrected chi connectivity index (χ0v) is 24.3. The number of nitrogens with zero attached hydrogens (tertiary/aromatic N) is 3. The minimum Gasteiger partial charge on any atom is -0.363 e. The molecular weight excluding hydrogens is 635 g/mol. The van der Waals surface area contributed by atoms with E-state index in [0.29, 0.717) is 12.1 Å². The minimum absolute atomic E-state index is 0.0158. The molecule has 1 aromatic heterocycles. The van der Waals surface area contributed by atoms with Gasteiger partial charge in [0, 0.05) is 34.8 Å². The van der Waals surface area contributed by atoms with Crippen LogP contribution >= 0.6 is 11.6 Å². The van der Waals surface area contributed by atoms with E-state index in [1.165, 1.54) is 11.6 Å². The molecule has 0 fully saturated rings. The Kier molecular flexibility index (Phi) is 7.98. The van der Waals surface area contributed by atoms with Crippen molar-refractivity contribution in [2.75, 3.05) is 5.32 Å². The van der Waals surface area contributed by atoms with Gasteiger partial charge >= 0.3 is 6.18 Å². The van der Waals surface area contributed by atoms with Crippen LogP contribution in [0.3, 0.4) is 0 Å². The lowest BCUT2D eigenvalue weighted by Crippen LogP contribution is -2.41. The number of amides is 2. The molecule has 0 saturated carbocycles. The molecule has 1 unspecified atom stereocenters. The summed E-state index contributed by atoms with van der Waals surface area (Å²) in [6.45, 7) is 2.42. The van der Waals surface area contributed by atoms with E-state index in [1.54, 1.807) is 13.8 Å². The van der Waals surface area contributed by atoms with Gasteiger partial charge in [-0.2, -0.15) is 13.2 Å². The van der Waals surface area contributed by atoms with Crippen molar-refractivity contribution in [3.63, 3.8) is 0 Å². The van der Waals surface area contributed by atoms with E-state index in [0.717, 1.165) is 28.8 Å². The molecule has 238 valence electrons. The van der Waals surface area contributed by atoms with Gasteiger partial charge in [0.05, 0.1) is 34.4 Å². The first kappa shape index (κ1) is 32.0. The molecule has 0 saturated heterocycles. The first-order valence-corrected chi connectivity index (χ1v) is 13.6. The predicted molar refractivity (Wildman–Crippen MR) is 149 cm³/mol. The maximum atomic E-state index is 14.4. The van der Waals surface area contributed by atoms with Crippen LogP contribution < -0.4 is 16.3 Å². The summed E-state index contributed by atoms with van der Waals surface area (Å²) in [5.41, 5.74) is -6.61. The van der Waals surface area contributed by atoms with Gasteiger partial charge in [0.1, 0.15) is 11.6 Å². The molecule has 1 aliphatic heterocycles. The van der Waals surface area contributed by atoms with Crippen molar-refractivity contribution < 1.29 is 45.4 Å². The average molecular weight is 658 g/mol. The van der Waals surface area contributed by atoms with Crippen LogP contribution in [0.5, 0.6) is 0 Å². The smallest absolute Gasteiger partial charge is 0.363 e. The highest BCUT2D eigenvalue weighted by Gasteiger charge is 2.48. The van der Waals surface area contributed by atoms with Crippen molar-refractivity contribution >= 4 is 40.1 Å². The highest BCUT2D eigenvalue weighted by Crippen LogP contribution is 2.45. The number of aryl methyl sites for hydroxylation is 1. The number of benzene rings is 3. The first-order valence-electron chi connectivity index (χ1n) is 13.2. The molecule has 3 aromatic carbocycles. The molecule has 45 heavy (non-hydrogen) atoms. The number of hydrogen-bond donors (Lipinski definition) is 3. The summed E-state index contributed by atoms with van der Waals surface area (Å²) >= 11 is 6.28. The Morgan fingerprint density at radius 1 is 1.11 bits per heavy atom. The number of alkyl halides is 5. The molecule has 0 bridgehead atoms. The quantitative estimate of drug-likeness (QED) is 0.232. The van der Waals surface area contributed by atoms with Gasteiger partial charge in [-0.25, -0.2) is 22.6 Å². The number of rotatable bonds is 6. The Morgan fingerprint density at radius 3 is 2.42 bits per heavy atom. The average Bonchev–Trinajstić information content (AvgIpc) is 3.34. The predicted octanol–water partition coefficient (Wildman–Crippen LogP) is 5.69. The third-order valence-corrected chi connectivity index (χ3v) is 7.41. The number of aliphatic hydroxyl groups is 1. The summed E-state index contributed by atoms with van der Waals surface area (Å²) in [5, 5.41) is 16.3. The van der Waals surface area contributed by atoms with E-state index < -0.39 is 76.7 Å². The van der Waals surface area contributed by atoms with E-state index in [9.17, 15) is 45.4 Å². The van der Waals surface area contributed by atoms with E-state index in [2.05, 4.69) is 15.6 Å². The summed E-state index contributed by atoms with van der Waals surface area (Å²) in [5.74, 6) is -4.55. The third kappa shape index (κ3) is 5.65. The molecular formula is C29H23ClF7N5O3. The SMILES string of the molecule is CC(C)N=c1n(C)c2c3c(c(NC(=O)c4cc(F)cc(C(F)(F)F)c4)cc2n1CC(F)F)C(O)(c1cc(F)ccc1Cl)NC3=O. The van der Waals surface area contributed by atoms with Crippen LogP contribution in [0.4, 0.5) is 36.4 Å². The standard InChI is InChI=1S/C29H23ClF7N5O3/c1-12(2)38-27-41(3)24-20(42(27)11-21(33)34)10-19(39-25(43)13-6-14(29(35,36)37)8-16(32)7-13)23-22(24)26(44)40-28(23,45)17-9-15(31)4-5-18(17)30/h4-10,12,21,45H,11H2,1-3H3,(H,39,43)(H,40,44). The number of halogens is 8. The molecule has 0 spiro atoms. The third-order valence-electron chi connectivity index (χ3n) is 7.08. The molecule has 0 aliphatic carbocycles. The van der Waals surface area contributed by atoms with Crippen LogP contribution in [-0.2, 0) is 25.5 Å². The zero-order chi connectivity index (χ0) is 33.2. The van der Waals surface area contributed by atoms with Gasteiger partial charge in [-0.15, -0.1) is 0 Å². The second kappa shape index (κ2) is 11.2. The lowest BCUT2D eigenvalue weighted by molar-refractivity contribution is -0.137. The summed E-state index contributed by atoms with van der Waals surface area (Å²) < 4.78 is 98.7. The number of imidazole rings is 1. The number of carbonyl (C=O) groups is 2. The van der Waals surface area contributed by atoms with E-state index in [4.69, 9.17) is 11.6 Å². The van der Waals surface area contributed by atoms with Crippen molar-refractivity contribution in [2.45, 2.75) is 44.8 Å². The maximum absolute atomic E-state index is 14.4. The minimum atomic E-state index is -5.01. The van der Waals surface area contributed by atoms with Gasteiger partial charge < -0.3 is 24.9 Å². The van der Waals surface area contributed by atoms with Crippen LogP contribution in [0.1, 0.15) is 51.3 Å². The first-order chi connectivity index (χ1) is 20.9. The molecule has 5 rings (SSSR count). The number of nitrogens with one attached hydrogen (secondary N) is 2. The van der Waals surface area contributed by atoms with E-state index >= 15 is 0 Å². The van der Waals surface area contributed by atoms with Gasteiger partial charge in [0.2, 0.25) is 5.62 Å². The van der Waals surface area contributed by atoms with Crippen molar-refractivity contribution in [3.05, 3.63) is 92.6 Å². The molecule has 1 atom stereocenters. The molecule has 4 aromatic rings. The largest absolute Gasteiger partial charge is 0.416 e.